The van der Waals surface area contributed by atoms with Crippen molar-refractivity contribution in [1.29, 1.82) is 0 Å². The van der Waals surface area contributed by atoms with E-state index >= 15 is 0 Å². The molecule has 2 saturated heterocycles. The Morgan fingerprint density at radius 2 is 1.67 bits per heavy atom. The lowest BCUT2D eigenvalue weighted by Crippen LogP contribution is -2.64. The van der Waals surface area contributed by atoms with E-state index in [1.807, 2.05) is 50.2 Å². The minimum Gasteiger partial charge on any atom is -0.456 e. The largest absolute Gasteiger partial charge is 0.456 e. The number of likely N-dealkylation sites (tertiary alicyclic amines) is 1. The van der Waals surface area contributed by atoms with E-state index in [2.05, 4.69) is 5.32 Å². The number of hydrogen-bond donors (Lipinski definition) is 1. The molecule has 2 fully saturated rings. The van der Waals surface area contributed by atoms with E-state index in [0.29, 0.717) is 23.4 Å². The van der Waals surface area contributed by atoms with Crippen LogP contribution < -0.4 is 5.32 Å². The summed E-state index contributed by atoms with van der Waals surface area (Å²) in [7, 11) is 0. The summed E-state index contributed by atoms with van der Waals surface area (Å²) in [6, 6.07) is 18.1. The zero-order chi connectivity index (χ0) is 23.4. The number of halogens is 1. The van der Waals surface area contributed by atoms with Gasteiger partial charge in [-0.1, -0.05) is 60.1 Å². The van der Waals surface area contributed by atoms with Crippen LogP contribution in [0.25, 0.3) is 0 Å². The maximum Gasteiger partial charge on any atom is 0.355 e. The van der Waals surface area contributed by atoms with Crippen LogP contribution in [0.1, 0.15) is 29.8 Å². The highest BCUT2D eigenvalue weighted by Gasteiger charge is 2.44. The predicted octanol–water partition coefficient (Wildman–Crippen LogP) is 3.45. The predicted molar refractivity (Wildman–Crippen MR) is 123 cm³/mol. The molecule has 2 atom stereocenters. The van der Waals surface area contributed by atoms with Gasteiger partial charge in [0.05, 0.1) is 19.3 Å². The fourth-order valence-corrected chi connectivity index (χ4v) is 3.97. The molecule has 174 valence electrons. The SMILES string of the molecule is CC1(C)OCC(=C(C(=O)OCc2ccccc2)N2CC(NC(=O)c3ccccc3)C2Cl)CO1. The van der Waals surface area contributed by atoms with Gasteiger partial charge in [0.15, 0.2) is 5.79 Å². The fourth-order valence-electron chi connectivity index (χ4n) is 3.65. The van der Waals surface area contributed by atoms with E-state index in [0.717, 1.165) is 5.56 Å². The fraction of sp³-hybridized carbons (Fsp3) is 0.360. The number of carbonyl (C=O) groups excluding carboxylic acids is 2. The third-order valence-corrected chi connectivity index (χ3v) is 6.13. The minimum absolute atomic E-state index is 0.138. The third-order valence-electron chi connectivity index (χ3n) is 5.59. The van der Waals surface area contributed by atoms with Gasteiger partial charge in [-0.25, -0.2) is 4.79 Å². The number of nitrogens with one attached hydrogen (secondary N) is 1. The van der Waals surface area contributed by atoms with Gasteiger partial charge in [-0.3, -0.25) is 4.79 Å². The molecule has 2 aliphatic heterocycles. The topological polar surface area (TPSA) is 77.1 Å². The smallest absolute Gasteiger partial charge is 0.355 e. The first-order chi connectivity index (χ1) is 15.8. The first-order valence-electron chi connectivity index (χ1n) is 10.8. The quantitative estimate of drug-likeness (QED) is 0.301. The maximum atomic E-state index is 13.1. The van der Waals surface area contributed by atoms with Crippen LogP contribution in [0.5, 0.6) is 0 Å². The average Bonchev–Trinajstić information content (AvgIpc) is 2.83. The lowest BCUT2D eigenvalue weighted by atomic mass is 10.0. The Bertz CT molecular complexity index is 1010. The molecule has 2 aliphatic rings. The van der Waals surface area contributed by atoms with Crippen molar-refractivity contribution in [1.82, 2.24) is 10.2 Å². The summed E-state index contributed by atoms with van der Waals surface area (Å²) >= 11 is 6.63. The standard InChI is InChI=1S/C25H27ClN2O5/c1-25(2)32-15-19(16-33-25)21(24(30)31-14-17-9-5-3-6-10-17)28-13-20(22(28)26)27-23(29)18-11-7-4-8-12-18/h3-12,20,22H,13-16H2,1-2H3,(H,27,29). The number of nitrogens with zero attached hydrogens (tertiary/aromatic N) is 1. The van der Waals surface area contributed by atoms with E-state index in [1.165, 1.54) is 0 Å². The van der Waals surface area contributed by atoms with E-state index in [1.54, 1.807) is 29.2 Å². The molecule has 4 rings (SSSR count). The van der Waals surface area contributed by atoms with Crippen molar-refractivity contribution in [3.63, 3.8) is 0 Å². The molecule has 0 saturated carbocycles. The maximum absolute atomic E-state index is 13.1. The number of hydrogen-bond acceptors (Lipinski definition) is 6. The van der Waals surface area contributed by atoms with Crippen LogP contribution in [-0.2, 0) is 25.6 Å². The minimum atomic E-state index is -0.732. The number of rotatable bonds is 6. The summed E-state index contributed by atoms with van der Waals surface area (Å²) in [5.41, 5.74) is 1.81. The van der Waals surface area contributed by atoms with Crippen molar-refractivity contribution in [2.45, 2.75) is 37.8 Å². The summed E-state index contributed by atoms with van der Waals surface area (Å²) in [5.74, 6) is -1.44. The van der Waals surface area contributed by atoms with Crippen LogP contribution in [0.2, 0.25) is 0 Å². The van der Waals surface area contributed by atoms with Gasteiger partial charge < -0.3 is 24.4 Å². The van der Waals surface area contributed by atoms with Crippen molar-refractivity contribution in [3.8, 4) is 0 Å². The first-order valence-corrected chi connectivity index (χ1v) is 11.3. The molecule has 8 heteroatoms. The molecule has 0 aliphatic carbocycles. The van der Waals surface area contributed by atoms with Crippen molar-refractivity contribution in [2.24, 2.45) is 0 Å². The second kappa shape index (κ2) is 9.95. The van der Waals surface area contributed by atoms with Crippen molar-refractivity contribution < 1.29 is 23.8 Å². The van der Waals surface area contributed by atoms with Crippen LogP contribution in [0.15, 0.2) is 71.9 Å². The van der Waals surface area contributed by atoms with Gasteiger partial charge >= 0.3 is 5.97 Å². The Kier molecular flexibility index (Phi) is 7.02. The molecule has 1 amide bonds. The van der Waals surface area contributed by atoms with Gasteiger partial charge in [-0.05, 0) is 31.5 Å². The molecule has 0 aromatic heterocycles. The molecular weight excluding hydrogens is 444 g/mol. The van der Waals surface area contributed by atoms with E-state index in [-0.39, 0.29) is 31.8 Å². The number of esters is 1. The lowest BCUT2D eigenvalue weighted by molar-refractivity contribution is -0.226. The summed E-state index contributed by atoms with van der Waals surface area (Å²) in [4.78, 5) is 27.4. The summed E-state index contributed by atoms with van der Waals surface area (Å²) in [6.07, 6.45) is 0. The zero-order valence-electron chi connectivity index (χ0n) is 18.6. The molecule has 33 heavy (non-hydrogen) atoms. The van der Waals surface area contributed by atoms with Crippen LogP contribution in [-0.4, -0.2) is 53.9 Å². The molecule has 0 radical (unpaired) electrons. The lowest BCUT2D eigenvalue weighted by Gasteiger charge is -2.47. The molecule has 0 spiro atoms. The summed E-state index contributed by atoms with van der Waals surface area (Å²) in [6.45, 7) is 4.60. The second-order valence-electron chi connectivity index (χ2n) is 8.46. The van der Waals surface area contributed by atoms with Gasteiger partial charge in [0, 0.05) is 17.7 Å². The van der Waals surface area contributed by atoms with Gasteiger partial charge in [-0.2, -0.15) is 0 Å². The number of carbonyl (C=O) groups is 2. The van der Waals surface area contributed by atoms with Crippen LogP contribution in [0.3, 0.4) is 0 Å². The average molecular weight is 471 g/mol. The molecule has 1 N–H and O–H groups in total. The van der Waals surface area contributed by atoms with Crippen molar-refractivity contribution in [2.75, 3.05) is 19.8 Å². The Labute approximate surface area is 198 Å². The molecule has 0 bridgehead atoms. The molecule has 2 aromatic carbocycles. The first kappa shape index (κ1) is 23.3. The van der Waals surface area contributed by atoms with Gasteiger partial charge in [0.2, 0.25) is 0 Å². The Morgan fingerprint density at radius 3 is 2.27 bits per heavy atom. The molecule has 7 nitrogen and oxygen atoms in total. The second-order valence-corrected chi connectivity index (χ2v) is 8.91. The number of ether oxygens (including phenoxy) is 3. The van der Waals surface area contributed by atoms with Gasteiger partial charge in [0.25, 0.3) is 5.91 Å². The van der Waals surface area contributed by atoms with Crippen molar-refractivity contribution in [3.05, 3.63) is 83.1 Å². The van der Waals surface area contributed by atoms with Crippen LogP contribution >= 0.6 is 11.6 Å². The zero-order valence-corrected chi connectivity index (χ0v) is 19.4. The summed E-state index contributed by atoms with van der Waals surface area (Å²) < 4.78 is 17.1. The van der Waals surface area contributed by atoms with Crippen LogP contribution in [0.4, 0.5) is 0 Å². The van der Waals surface area contributed by atoms with Crippen LogP contribution in [0, 0.1) is 0 Å². The van der Waals surface area contributed by atoms with Gasteiger partial charge in [-0.15, -0.1) is 0 Å². The van der Waals surface area contributed by atoms with Crippen molar-refractivity contribution >= 4 is 23.5 Å². The van der Waals surface area contributed by atoms with E-state index in [4.69, 9.17) is 25.8 Å². The Morgan fingerprint density at radius 1 is 1.06 bits per heavy atom. The summed E-state index contributed by atoms with van der Waals surface area (Å²) in [5, 5.41) is 2.93. The highest BCUT2D eigenvalue weighted by molar-refractivity contribution is 6.22. The molecule has 2 aromatic rings. The monoisotopic (exact) mass is 470 g/mol. The normalized spacial score (nSPS) is 21.7. The molecule has 2 unspecified atom stereocenters. The number of amides is 1. The number of benzene rings is 2. The Hall–Kier alpha value is -2.87. The highest BCUT2D eigenvalue weighted by Crippen LogP contribution is 2.32. The van der Waals surface area contributed by atoms with Gasteiger partial charge in [0.1, 0.15) is 17.8 Å². The Balaban J connectivity index is 1.47. The molecule has 2 heterocycles. The van der Waals surface area contributed by atoms with E-state index in [9.17, 15) is 9.59 Å². The number of alkyl halides is 1. The molecular formula is C25H27ClN2O5. The third kappa shape index (κ3) is 5.55. The van der Waals surface area contributed by atoms with E-state index < -0.39 is 17.3 Å². The highest BCUT2D eigenvalue weighted by atomic mass is 35.5.